The molecule has 0 unspecified atom stereocenters. The van der Waals surface area contributed by atoms with Gasteiger partial charge in [-0.3, -0.25) is 4.99 Å². The molecule has 3 rings (SSSR count). The monoisotopic (exact) mass is 345 g/mol. The van der Waals surface area contributed by atoms with E-state index in [1.165, 1.54) is 4.88 Å². The summed E-state index contributed by atoms with van der Waals surface area (Å²) in [5.74, 6) is 1.40. The Kier molecular flexibility index (Phi) is 5.24. The zero-order valence-corrected chi connectivity index (χ0v) is 15.0. The molecule has 128 valence electrons. The first-order valence-corrected chi connectivity index (χ1v) is 8.95. The van der Waals surface area contributed by atoms with Gasteiger partial charge in [-0.25, -0.2) is 15.0 Å². The molecule has 0 atom stereocenters. The SMILES string of the molecule is Cc1nc(CCN=C(N)N2CCN(c3ncccn3)CC2)sc1C. The van der Waals surface area contributed by atoms with Crippen LogP contribution in [0, 0.1) is 13.8 Å². The molecule has 0 amide bonds. The van der Waals surface area contributed by atoms with Crippen molar-refractivity contribution in [2.75, 3.05) is 37.6 Å². The van der Waals surface area contributed by atoms with E-state index in [2.05, 4.69) is 36.7 Å². The maximum Gasteiger partial charge on any atom is 0.225 e. The molecule has 2 aromatic rings. The van der Waals surface area contributed by atoms with Gasteiger partial charge in [-0.1, -0.05) is 0 Å². The summed E-state index contributed by atoms with van der Waals surface area (Å²) in [6.07, 6.45) is 4.39. The molecule has 2 aromatic heterocycles. The Morgan fingerprint density at radius 3 is 2.54 bits per heavy atom. The van der Waals surface area contributed by atoms with Gasteiger partial charge in [0.05, 0.1) is 10.7 Å². The molecule has 3 heterocycles. The Labute approximate surface area is 146 Å². The van der Waals surface area contributed by atoms with Crippen LogP contribution in [0.5, 0.6) is 0 Å². The maximum absolute atomic E-state index is 6.14. The lowest BCUT2D eigenvalue weighted by Gasteiger charge is -2.35. The molecule has 0 saturated carbocycles. The third-order valence-electron chi connectivity index (χ3n) is 4.11. The lowest BCUT2D eigenvalue weighted by atomic mass is 10.3. The highest BCUT2D eigenvalue weighted by Crippen LogP contribution is 2.16. The molecule has 0 radical (unpaired) electrons. The molecular weight excluding hydrogens is 322 g/mol. The summed E-state index contributed by atoms with van der Waals surface area (Å²) in [5.41, 5.74) is 7.26. The van der Waals surface area contributed by atoms with E-state index in [0.29, 0.717) is 12.5 Å². The second-order valence-corrected chi connectivity index (χ2v) is 7.05. The Hall–Kier alpha value is -2.22. The number of anilines is 1. The third kappa shape index (κ3) is 4.00. The molecule has 0 spiro atoms. The van der Waals surface area contributed by atoms with E-state index in [1.54, 1.807) is 23.7 Å². The van der Waals surface area contributed by atoms with Crippen LogP contribution >= 0.6 is 11.3 Å². The second-order valence-electron chi connectivity index (χ2n) is 5.76. The van der Waals surface area contributed by atoms with Crippen molar-refractivity contribution in [1.82, 2.24) is 19.9 Å². The molecule has 0 aliphatic carbocycles. The first-order chi connectivity index (χ1) is 11.6. The van der Waals surface area contributed by atoms with Crippen molar-refractivity contribution in [2.45, 2.75) is 20.3 Å². The van der Waals surface area contributed by atoms with Crippen molar-refractivity contribution in [3.63, 3.8) is 0 Å². The fraction of sp³-hybridized carbons (Fsp3) is 0.500. The number of thiazole rings is 1. The van der Waals surface area contributed by atoms with Crippen molar-refractivity contribution < 1.29 is 0 Å². The van der Waals surface area contributed by atoms with Crippen molar-refractivity contribution in [3.05, 3.63) is 34.0 Å². The van der Waals surface area contributed by atoms with Crippen LogP contribution in [0.3, 0.4) is 0 Å². The minimum absolute atomic E-state index is 0.619. The normalized spacial score (nSPS) is 15.8. The van der Waals surface area contributed by atoms with E-state index < -0.39 is 0 Å². The topological polar surface area (TPSA) is 83.5 Å². The standard InChI is InChI=1S/C16H23N7S/c1-12-13(2)24-14(21-12)4-7-18-15(17)22-8-10-23(11-9-22)16-19-5-3-6-20-16/h3,5-6H,4,7-11H2,1-2H3,(H2,17,18). The number of aromatic nitrogens is 3. The summed E-state index contributed by atoms with van der Waals surface area (Å²) < 4.78 is 0. The van der Waals surface area contributed by atoms with E-state index in [-0.39, 0.29) is 0 Å². The number of hydrogen-bond acceptors (Lipinski definition) is 6. The van der Waals surface area contributed by atoms with E-state index in [9.17, 15) is 0 Å². The smallest absolute Gasteiger partial charge is 0.225 e. The molecule has 24 heavy (non-hydrogen) atoms. The van der Waals surface area contributed by atoms with Gasteiger partial charge >= 0.3 is 0 Å². The summed E-state index contributed by atoms with van der Waals surface area (Å²) >= 11 is 1.74. The predicted molar refractivity (Wildman–Crippen MR) is 97.6 cm³/mol. The van der Waals surface area contributed by atoms with Crippen LogP contribution in [-0.4, -0.2) is 58.5 Å². The number of guanidine groups is 1. The van der Waals surface area contributed by atoms with Gasteiger partial charge in [-0.15, -0.1) is 11.3 Å². The summed E-state index contributed by atoms with van der Waals surface area (Å²) in [6.45, 7) is 8.20. The zero-order chi connectivity index (χ0) is 16.9. The minimum atomic E-state index is 0.619. The molecule has 0 bridgehead atoms. The average molecular weight is 345 g/mol. The average Bonchev–Trinajstić information content (AvgIpc) is 2.93. The van der Waals surface area contributed by atoms with Crippen LogP contribution in [0.2, 0.25) is 0 Å². The van der Waals surface area contributed by atoms with Crippen molar-refractivity contribution in [1.29, 1.82) is 0 Å². The summed E-state index contributed by atoms with van der Waals surface area (Å²) in [6, 6.07) is 1.83. The number of nitrogens with zero attached hydrogens (tertiary/aromatic N) is 6. The maximum atomic E-state index is 6.14. The summed E-state index contributed by atoms with van der Waals surface area (Å²) in [5, 5.41) is 1.13. The predicted octanol–water partition coefficient (Wildman–Crippen LogP) is 1.23. The molecule has 7 nitrogen and oxygen atoms in total. The largest absolute Gasteiger partial charge is 0.370 e. The van der Waals surface area contributed by atoms with Gasteiger partial charge in [0.2, 0.25) is 5.95 Å². The molecule has 8 heteroatoms. The van der Waals surface area contributed by atoms with E-state index in [0.717, 1.165) is 49.2 Å². The van der Waals surface area contributed by atoms with Crippen LogP contribution in [0.15, 0.2) is 23.5 Å². The Balaban J connectivity index is 1.48. The number of aryl methyl sites for hydroxylation is 2. The molecule has 2 N–H and O–H groups in total. The first kappa shape index (κ1) is 16.6. The molecule has 0 aromatic carbocycles. The fourth-order valence-electron chi connectivity index (χ4n) is 2.60. The highest BCUT2D eigenvalue weighted by Gasteiger charge is 2.19. The van der Waals surface area contributed by atoms with Gasteiger partial charge in [0.25, 0.3) is 0 Å². The minimum Gasteiger partial charge on any atom is -0.370 e. The molecule has 1 aliphatic heterocycles. The van der Waals surface area contributed by atoms with E-state index in [4.69, 9.17) is 5.73 Å². The van der Waals surface area contributed by atoms with Crippen LogP contribution < -0.4 is 10.6 Å². The first-order valence-electron chi connectivity index (χ1n) is 8.13. The number of rotatable bonds is 4. The number of nitrogens with two attached hydrogens (primary N) is 1. The lowest BCUT2D eigenvalue weighted by molar-refractivity contribution is 0.378. The van der Waals surface area contributed by atoms with Crippen molar-refractivity contribution in [3.8, 4) is 0 Å². The molecule has 1 saturated heterocycles. The van der Waals surface area contributed by atoms with Crippen LogP contribution in [0.25, 0.3) is 0 Å². The zero-order valence-electron chi connectivity index (χ0n) is 14.1. The second kappa shape index (κ2) is 7.57. The van der Waals surface area contributed by atoms with E-state index >= 15 is 0 Å². The molecule has 1 aliphatic rings. The van der Waals surface area contributed by atoms with Gasteiger partial charge < -0.3 is 15.5 Å². The van der Waals surface area contributed by atoms with Crippen LogP contribution in [0.1, 0.15) is 15.6 Å². The summed E-state index contributed by atoms with van der Waals surface area (Å²) in [4.78, 5) is 23.2. The van der Waals surface area contributed by atoms with Crippen molar-refractivity contribution >= 4 is 23.2 Å². The number of aliphatic imine (C=N–C) groups is 1. The van der Waals surface area contributed by atoms with Crippen molar-refractivity contribution in [2.24, 2.45) is 10.7 Å². The van der Waals surface area contributed by atoms with Gasteiger partial charge in [-0.2, -0.15) is 0 Å². The van der Waals surface area contributed by atoms with Gasteiger partial charge in [0.15, 0.2) is 5.96 Å². The van der Waals surface area contributed by atoms with E-state index in [1.807, 2.05) is 13.0 Å². The highest BCUT2D eigenvalue weighted by atomic mass is 32.1. The third-order valence-corrected chi connectivity index (χ3v) is 5.24. The molecule has 1 fully saturated rings. The lowest BCUT2D eigenvalue weighted by Crippen LogP contribution is -2.51. The van der Waals surface area contributed by atoms with Gasteiger partial charge in [0, 0.05) is 56.4 Å². The van der Waals surface area contributed by atoms with Crippen LogP contribution in [0.4, 0.5) is 5.95 Å². The molecular formula is C16H23N7S. The number of piperazine rings is 1. The fourth-order valence-corrected chi connectivity index (χ4v) is 3.52. The Morgan fingerprint density at radius 1 is 1.21 bits per heavy atom. The summed E-state index contributed by atoms with van der Waals surface area (Å²) in [7, 11) is 0. The number of hydrogen-bond donors (Lipinski definition) is 1. The highest BCUT2D eigenvalue weighted by molar-refractivity contribution is 7.11. The Morgan fingerprint density at radius 2 is 1.92 bits per heavy atom. The quantitative estimate of drug-likeness (QED) is 0.663. The Bertz CT molecular complexity index is 670. The van der Waals surface area contributed by atoms with Gasteiger partial charge in [0.1, 0.15) is 0 Å². The van der Waals surface area contributed by atoms with Gasteiger partial charge in [-0.05, 0) is 19.9 Å². The van der Waals surface area contributed by atoms with Crippen LogP contribution in [-0.2, 0) is 6.42 Å².